The molecule has 3 amide bonds. The summed E-state index contributed by atoms with van der Waals surface area (Å²) in [5.41, 5.74) is -1.03. The summed E-state index contributed by atoms with van der Waals surface area (Å²) in [7, 11) is 0. The number of carbonyl (C=O) groups excluding carboxylic acids is 2. The number of morpholine rings is 1. The monoisotopic (exact) mass is 392 g/mol. The molecule has 1 N–H and O–H groups in total. The highest BCUT2D eigenvalue weighted by Crippen LogP contribution is 2.31. The maximum atomic E-state index is 12.6. The van der Waals surface area contributed by atoms with Crippen molar-refractivity contribution in [3.05, 3.63) is 11.1 Å². The molecule has 2 aliphatic heterocycles. The third-order valence-corrected chi connectivity index (χ3v) is 5.15. The van der Waals surface area contributed by atoms with E-state index in [-0.39, 0.29) is 23.5 Å². The number of nitrogens with zero attached hydrogens (tertiary/aromatic N) is 3. The number of amides is 3. The summed E-state index contributed by atoms with van der Waals surface area (Å²) in [6, 6.07) is -0.535. The Bertz CT molecular complexity index is 661. The number of anilines is 1. The highest BCUT2D eigenvalue weighted by atomic mass is 32.1. The van der Waals surface area contributed by atoms with Crippen molar-refractivity contribution in [3.8, 4) is 0 Å². The highest BCUT2D eigenvalue weighted by molar-refractivity contribution is 7.13. The van der Waals surface area contributed by atoms with Gasteiger partial charge in [0.05, 0.1) is 19.1 Å². The minimum absolute atomic E-state index is 0.000550. The van der Waals surface area contributed by atoms with Crippen LogP contribution in [0.15, 0.2) is 5.38 Å². The number of hydrogen-bond donors (Lipinski definition) is 1. The molecule has 1 aromatic heterocycles. The second kappa shape index (κ2) is 7.78. The van der Waals surface area contributed by atoms with Crippen molar-refractivity contribution >= 4 is 28.4 Å². The predicted octanol–water partition coefficient (Wildman–Crippen LogP) is 2.26. The minimum atomic E-state index is -4.54. The summed E-state index contributed by atoms with van der Waals surface area (Å²) in [6.45, 7) is 2.81. The van der Waals surface area contributed by atoms with E-state index in [1.54, 1.807) is 4.90 Å². The Morgan fingerprint density at radius 2 is 1.96 bits per heavy atom. The first-order valence-corrected chi connectivity index (χ1v) is 9.18. The first kappa shape index (κ1) is 18.9. The number of nitrogens with one attached hydrogen (secondary N) is 1. The van der Waals surface area contributed by atoms with Crippen LogP contribution in [-0.2, 0) is 15.7 Å². The molecule has 11 heteroatoms. The van der Waals surface area contributed by atoms with Crippen molar-refractivity contribution < 1.29 is 27.5 Å². The third kappa shape index (κ3) is 4.44. The quantitative estimate of drug-likeness (QED) is 0.838. The summed E-state index contributed by atoms with van der Waals surface area (Å²) in [5.74, 6) is -0.297. The zero-order valence-corrected chi connectivity index (χ0v) is 14.7. The van der Waals surface area contributed by atoms with Gasteiger partial charge in [-0.2, -0.15) is 13.2 Å². The first-order valence-electron chi connectivity index (χ1n) is 8.30. The molecule has 2 fully saturated rings. The van der Waals surface area contributed by atoms with Gasteiger partial charge in [0.15, 0.2) is 10.8 Å². The number of piperidine rings is 1. The van der Waals surface area contributed by atoms with Gasteiger partial charge in [-0.1, -0.05) is 0 Å². The number of rotatable bonds is 2. The lowest BCUT2D eigenvalue weighted by molar-refractivity contribution is -0.141. The number of alkyl halides is 3. The first-order chi connectivity index (χ1) is 12.3. The van der Waals surface area contributed by atoms with E-state index in [1.807, 2.05) is 0 Å². The molecule has 1 unspecified atom stereocenters. The molecule has 7 nitrogen and oxygen atoms in total. The summed E-state index contributed by atoms with van der Waals surface area (Å²) in [6.07, 6.45) is -3.18. The van der Waals surface area contributed by atoms with Crippen molar-refractivity contribution in [2.24, 2.45) is 5.92 Å². The molecular formula is C15H19F3N4O3S. The van der Waals surface area contributed by atoms with Gasteiger partial charge in [0.25, 0.3) is 0 Å². The van der Waals surface area contributed by atoms with Crippen molar-refractivity contribution in [2.45, 2.75) is 19.0 Å². The van der Waals surface area contributed by atoms with Gasteiger partial charge in [-0.15, -0.1) is 11.3 Å². The topological polar surface area (TPSA) is 74.8 Å². The highest BCUT2D eigenvalue weighted by Gasteiger charge is 2.35. The Labute approximate surface area is 152 Å². The Morgan fingerprint density at radius 3 is 2.62 bits per heavy atom. The maximum absolute atomic E-state index is 12.6. The molecule has 0 aliphatic carbocycles. The molecule has 3 heterocycles. The van der Waals surface area contributed by atoms with Gasteiger partial charge < -0.3 is 14.5 Å². The predicted molar refractivity (Wildman–Crippen MR) is 87.8 cm³/mol. The lowest BCUT2D eigenvalue weighted by Gasteiger charge is -2.36. The van der Waals surface area contributed by atoms with Crippen LogP contribution in [0.1, 0.15) is 18.5 Å². The zero-order chi connectivity index (χ0) is 18.7. The van der Waals surface area contributed by atoms with E-state index in [0.29, 0.717) is 45.7 Å². The lowest BCUT2D eigenvalue weighted by Crippen LogP contribution is -2.50. The van der Waals surface area contributed by atoms with E-state index in [9.17, 15) is 22.8 Å². The Hall–Kier alpha value is -1.88. The summed E-state index contributed by atoms with van der Waals surface area (Å²) in [4.78, 5) is 31.5. The van der Waals surface area contributed by atoms with Gasteiger partial charge in [-0.3, -0.25) is 10.1 Å². The van der Waals surface area contributed by atoms with Gasteiger partial charge in [-0.25, -0.2) is 9.78 Å². The number of halogens is 3. The molecule has 1 atom stereocenters. The number of likely N-dealkylation sites (tertiary alicyclic amines) is 1. The summed E-state index contributed by atoms with van der Waals surface area (Å²) in [5, 5.41) is 3.14. The summed E-state index contributed by atoms with van der Waals surface area (Å²) >= 11 is 0.720. The van der Waals surface area contributed by atoms with Crippen LogP contribution >= 0.6 is 11.3 Å². The van der Waals surface area contributed by atoms with E-state index in [2.05, 4.69) is 10.3 Å². The average molecular weight is 392 g/mol. The van der Waals surface area contributed by atoms with Crippen LogP contribution in [0.25, 0.3) is 0 Å². The lowest BCUT2D eigenvalue weighted by atomic mass is 9.96. The van der Waals surface area contributed by atoms with E-state index in [4.69, 9.17) is 4.74 Å². The van der Waals surface area contributed by atoms with Gasteiger partial charge in [0, 0.05) is 31.6 Å². The molecule has 0 saturated carbocycles. The SMILES string of the molecule is O=C(Nc1nc(C(F)(F)F)cs1)N1CCCC(C(=O)N2CCOCC2)C1. The maximum Gasteiger partial charge on any atom is 0.434 e. The molecule has 1 aromatic rings. The van der Waals surface area contributed by atoms with Gasteiger partial charge in [-0.05, 0) is 12.8 Å². The van der Waals surface area contributed by atoms with E-state index < -0.39 is 17.9 Å². The van der Waals surface area contributed by atoms with E-state index >= 15 is 0 Å². The minimum Gasteiger partial charge on any atom is -0.378 e. The van der Waals surface area contributed by atoms with Crippen molar-refractivity contribution in [2.75, 3.05) is 44.7 Å². The van der Waals surface area contributed by atoms with Gasteiger partial charge in [0.1, 0.15) is 0 Å². The molecule has 144 valence electrons. The Morgan fingerprint density at radius 1 is 1.23 bits per heavy atom. The molecule has 3 rings (SSSR count). The van der Waals surface area contributed by atoms with Gasteiger partial charge in [0.2, 0.25) is 5.91 Å². The molecule has 2 aliphatic rings. The number of aromatic nitrogens is 1. The second-order valence-electron chi connectivity index (χ2n) is 6.19. The van der Waals surface area contributed by atoms with E-state index in [1.165, 1.54) is 4.90 Å². The van der Waals surface area contributed by atoms with Crippen LogP contribution < -0.4 is 5.32 Å². The van der Waals surface area contributed by atoms with E-state index in [0.717, 1.165) is 16.7 Å². The number of hydrogen-bond acceptors (Lipinski definition) is 5. The average Bonchev–Trinajstić information content (AvgIpc) is 3.11. The van der Waals surface area contributed by atoms with Crippen LogP contribution in [0, 0.1) is 5.92 Å². The van der Waals surface area contributed by atoms with Crippen LogP contribution in [0.2, 0.25) is 0 Å². The van der Waals surface area contributed by atoms with Crippen LogP contribution in [0.5, 0.6) is 0 Å². The fourth-order valence-corrected chi connectivity index (χ4v) is 3.74. The van der Waals surface area contributed by atoms with Crippen LogP contribution in [0.3, 0.4) is 0 Å². The molecule has 2 saturated heterocycles. The fourth-order valence-electron chi connectivity index (χ4n) is 3.04. The largest absolute Gasteiger partial charge is 0.434 e. The number of thiazole rings is 1. The smallest absolute Gasteiger partial charge is 0.378 e. The number of carbonyl (C=O) groups is 2. The molecule has 0 bridgehead atoms. The Balaban J connectivity index is 1.57. The van der Waals surface area contributed by atoms with Gasteiger partial charge >= 0.3 is 12.2 Å². The molecule has 0 radical (unpaired) electrons. The van der Waals surface area contributed by atoms with Crippen molar-refractivity contribution in [1.82, 2.24) is 14.8 Å². The third-order valence-electron chi connectivity index (χ3n) is 4.39. The molecule has 26 heavy (non-hydrogen) atoms. The Kier molecular flexibility index (Phi) is 5.66. The zero-order valence-electron chi connectivity index (χ0n) is 13.9. The fraction of sp³-hybridized carbons (Fsp3) is 0.667. The molecule has 0 aromatic carbocycles. The molecule has 0 spiro atoms. The number of urea groups is 1. The van der Waals surface area contributed by atoms with Crippen molar-refractivity contribution in [1.29, 1.82) is 0 Å². The summed E-state index contributed by atoms with van der Waals surface area (Å²) < 4.78 is 43.0. The normalized spacial score (nSPS) is 21.6. The standard InChI is InChI=1S/C15H19F3N4O3S/c16-15(17,18)11-9-26-13(19-11)20-14(24)22-3-1-2-10(8-22)12(23)21-4-6-25-7-5-21/h9-10H,1-8H2,(H,19,20,24). The molecular weight excluding hydrogens is 373 g/mol. The van der Waals surface area contributed by atoms with Crippen LogP contribution in [0.4, 0.5) is 23.1 Å². The second-order valence-corrected chi connectivity index (χ2v) is 7.05. The van der Waals surface area contributed by atoms with Crippen LogP contribution in [-0.4, -0.2) is 66.1 Å². The van der Waals surface area contributed by atoms with Crippen molar-refractivity contribution in [3.63, 3.8) is 0 Å². The number of ether oxygens (including phenoxy) is 1.